The molecule has 0 saturated carbocycles. The molecule has 3 rings (SSSR count). The van der Waals surface area contributed by atoms with Gasteiger partial charge in [0.2, 0.25) is 5.16 Å². The van der Waals surface area contributed by atoms with Crippen LogP contribution in [0.2, 0.25) is 0 Å². The van der Waals surface area contributed by atoms with Crippen molar-refractivity contribution >= 4 is 28.9 Å². The lowest BCUT2D eigenvalue weighted by Gasteiger charge is -2.10. The van der Waals surface area contributed by atoms with E-state index in [1.165, 1.54) is 23.1 Å². The molecule has 0 radical (unpaired) electrons. The molecule has 0 aliphatic rings. The molecule has 118 valence electrons. The van der Waals surface area contributed by atoms with Gasteiger partial charge in [-0.25, -0.2) is 0 Å². The van der Waals surface area contributed by atoms with Crippen molar-refractivity contribution in [2.45, 2.75) is 12.1 Å². The highest BCUT2D eigenvalue weighted by atomic mass is 32.2. The molecule has 2 aromatic heterocycles. The van der Waals surface area contributed by atoms with E-state index in [2.05, 4.69) is 15.5 Å². The number of hydrogen-bond acceptors (Lipinski definition) is 7. The van der Waals surface area contributed by atoms with E-state index in [-0.39, 0.29) is 11.5 Å². The molecule has 0 spiro atoms. The quantitative estimate of drug-likeness (QED) is 0.505. The number of Topliss-reactive ketones (excluding diaryl/α,β-unsaturated/α-hetero) is 1. The van der Waals surface area contributed by atoms with Gasteiger partial charge in [-0.3, -0.25) is 4.79 Å². The summed E-state index contributed by atoms with van der Waals surface area (Å²) in [5.41, 5.74) is 1.82. The van der Waals surface area contributed by atoms with Crippen LogP contribution in [-0.4, -0.2) is 38.9 Å². The molecular formula is C15H14N4O2S2. The van der Waals surface area contributed by atoms with Crippen LogP contribution < -0.4 is 4.74 Å². The van der Waals surface area contributed by atoms with E-state index in [0.29, 0.717) is 10.9 Å². The third kappa shape index (κ3) is 3.43. The van der Waals surface area contributed by atoms with Crippen molar-refractivity contribution in [3.05, 3.63) is 46.2 Å². The number of ketones is 1. The van der Waals surface area contributed by atoms with Gasteiger partial charge in [0.15, 0.2) is 5.78 Å². The van der Waals surface area contributed by atoms with Gasteiger partial charge >= 0.3 is 0 Å². The number of benzene rings is 1. The molecule has 0 amide bonds. The Morgan fingerprint density at radius 3 is 3.00 bits per heavy atom. The van der Waals surface area contributed by atoms with E-state index in [0.717, 1.165) is 16.1 Å². The summed E-state index contributed by atoms with van der Waals surface area (Å²) >= 11 is 2.74. The summed E-state index contributed by atoms with van der Waals surface area (Å²) < 4.78 is 6.97. The van der Waals surface area contributed by atoms with Gasteiger partial charge in [-0.2, -0.15) is 4.68 Å². The molecule has 0 fully saturated rings. The van der Waals surface area contributed by atoms with E-state index in [1.54, 1.807) is 11.8 Å². The van der Waals surface area contributed by atoms with Crippen molar-refractivity contribution in [1.82, 2.24) is 20.2 Å². The molecule has 3 aromatic rings. The molecule has 0 bridgehead atoms. The number of carbonyl (C=O) groups excluding carboxylic acids is 1. The average molecular weight is 346 g/mol. The van der Waals surface area contributed by atoms with Crippen LogP contribution in [0.25, 0.3) is 5.69 Å². The Bertz CT molecular complexity index is 815. The number of rotatable bonds is 6. The van der Waals surface area contributed by atoms with Gasteiger partial charge in [0.05, 0.1) is 17.7 Å². The van der Waals surface area contributed by atoms with Crippen molar-refractivity contribution in [2.24, 2.45) is 0 Å². The van der Waals surface area contributed by atoms with Gasteiger partial charge in [-0.05, 0) is 46.5 Å². The highest BCUT2D eigenvalue weighted by molar-refractivity contribution is 7.99. The normalized spacial score (nSPS) is 10.7. The van der Waals surface area contributed by atoms with Gasteiger partial charge < -0.3 is 4.74 Å². The number of carbonyl (C=O) groups is 1. The summed E-state index contributed by atoms with van der Waals surface area (Å²) in [6, 6.07) is 9.46. The third-order valence-electron chi connectivity index (χ3n) is 3.13. The zero-order valence-electron chi connectivity index (χ0n) is 12.6. The summed E-state index contributed by atoms with van der Waals surface area (Å²) in [5.74, 6) is 1.03. The lowest BCUT2D eigenvalue weighted by atomic mass is 10.2. The van der Waals surface area contributed by atoms with Crippen LogP contribution in [0, 0.1) is 6.92 Å². The molecule has 0 N–H and O–H groups in total. The number of ether oxygens (including phenoxy) is 1. The maximum absolute atomic E-state index is 12.1. The van der Waals surface area contributed by atoms with E-state index in [1.807, 2.05) is 42.6 Å². The number of tetrazole rings is 1. The number of thiophene rings is 1. The van der Waals surface area contributed by atoms with Gasteiger partial charge in [0, 0.05) is 0 Å². The maximum atomic E-state index is 12.1. The summed E-state index contributed by atoms with van der Waals surface area (Å²) in [7, 11) is 1.60. The van der Waals surface area contributed by atoms with Crippen molar-refractivity contribution in [3.8, 4) is 11.4 Å². The highest BCUT2D eigenvalue weighted by Crippen LogP contribution is 2.27. The largest absolute Gasteiger partial charge is 0.494 e. The third-order valence-corrected chi connectivity index (χ3v) is 4.96. The Morgan fingerprint density at radius 1 is 1.39 bits per heavy atom. The van der Waals surface area contributed by atoms with Crippen molar-refractivity contribution in [2.75, 3.05) is 12.9 Å². The summed E-state index contributed by atoms with van der Waals surface area (Å²) in [5, 5.41) is 14.2. The SMILES string of the molecule is COc1ccc(C)cc1-n1nnnc1SCC(=O)c1cccs1. The zero-order chi connectivity index (χ0) is 16.2. The van der Waals surface area contributed by atoms with Crippen LogP contribution in [0.4, 0.5) is 0 Å². The smallest absolute Gasteiger partial charge is 0.214 e. The first-order valence-electron chi connectivity index (χ1n) is 6.82. The molecule has 0 unspecified atom stereocenters. The van der Waals surface area contributed by atoms with Crippen molar-refractivity contribution in [3.63, 3.8) is 0 Å². The number of aryl methyl sites for hydroxylation is 1. The van der Waals surface area contributed by atoms with Crippen molar-refractivity contribution in [1.29, 1.82) is 0 Å². The van der Waals surface area contributed by atoms with E-state index >= 15 is 0 Å². The molecule has 1 aromatic carbocycles. The van der Waals surface area contributed by atoms with Gasteiger partial charge in [-0.15, -0.1) is 16.4 Å². The topological polar surface area (TPSA) is 69.9 Å². The number of hydrogen-bond donors (Lipinski definition) is 0. The minimum absolute atomic E-state index is 0.0655. The molecule has 6 nitrogen and oxygen atoms in total. The van der Waals surface area contributed by atoms with Crippen LogP contribution >= 0.6 is 23.1 Å². The standard InChI is InChI=1S/C15H14N4O2S2/c1-10-5-6-13(21-2)11(8-10)19-15(16-17-18-19)23-9-12(20)14-4-3-7-22-14/h3-8H,9H2,1-2H3. The van der Waals surface area contributed by atoms with Crippen molar-refractivity contribution < 1.29 is 9.53 Å². The minimum Gasteiger partial charge on any atom is -0.494 e. The zero-order valence-corrected chi connectivity index (χ0v) is 14.2. The summed E-state index contributed by atoms with van der Waals surface area (Å²) in [6.07, 6.45) is 0. The first-order valence-corrected chi connectivity index (χ1v) is 8.68. The number of nitrogens with zero attached hydrogens (tertiary/aromatic N) is 4. The Labute approximate surface area is 141 Å². The monoisotopic (exact) mass is 346 g/mol. The Morgan fingerprint density at radius 2 is 2.26 bits per heavy atom. The fourth-order valence-electron chi connectivity index (χ4n) is 2.02. The van der Waals surface area contributed by atoms with Gasteiger partial charge in [-0.1, -0.05) is 23.9 Å². The van der Waals surface area contributed by atoms with Crippen LogP contribution in [0.15, 0.2) is 40.9 Å². The first-order chi connectivity index (χ1) is 11.2. The van der Waals surface area contributed by atoms with Gasteiger partial charge in [0.1, 0.15) is 11.4 Å². The average Bonchev–Trinajstić information content (AvgIpc) is 3.24. The minimum atomic E-state index is 0.0655. The molecule has 8 heteroatoms. The van der Waals surface area contributed by atoms with Crippen LogP contribution in [0.3, 0.4) is 0 Å². The molecule has 23 heavy (non-hydrogen) atoms. The predicted molar refractivity (Wildman–Crippen MR) is 89.8 cm³/mol. The molecular weight excluding hydrogens is 332 g/mol. The van der Waals surface area contributed by atoms with Crippen LogP contribution in [-0.2, 0) is 0 Å². The van der Waals surface area contributed by atoms with E-state index < -0.39 is 0 Å². The lowest BCUT2D eigenvalue weighted by molar-refractivity contribution is 0.102. The predicted octanol–water partition coefficient (Wildman–Crippen LogP) is 3.02. The lowest BCUT2D eigenvalue weighted by Crippen LogP contribution is -2.05. The fraction of sp³-hybridized carbons (Fsp3) is 0.200. The second-order valence-electron chi connectivity index (χ2n) is 4.74. The maximum Gasteiger partial charge on any atom is 0.214 e. The van der Waals surface area contributed by atoms with E-state index in [9.17, 15) is 4.79 Å². The summed E-state index contributed by atoms with van der Waals surface area (Å²) in [4.78, 5) is 12.9. The molecule has 2 heterocycles. The second-order valence-corrected chi connectivity index (χ2v) is 6.63. The fourth-order valence-corrected chi connectivity index (χ4v) is 3.55. The molecule has 0 aliphatic carbocycles. The highest BCUT2D eigenvalue weighted by Gasteiger charge is 2.16. The Balaban J connectivity index is 1.83. The van der Waals surface area contributed by atoms with E-state index in [4.69, 9.17) is 4.74 Å². The first kappa shape index (κ1) is 15.7. The van der Waals surface area contributed by atoms with Gasteiger partial charge in [0.25, 0.3) is 0 Å². The summed E-state index contributed by atoms with van der Waals surface area (Å²) in [6.45, 7) is 1.99. The Hall–Kier alpha value is -2.19. The van der Waals surface area contributed by atoms with Crippen LogP contribution in [0.1, 0.15) is 15.2 Å². The number of thioether (sulfide) groups is 1. The number of methoxy groups -OCH3 is 1. The van der Waals surface area contributed by atoms with Crippen LogP contribution in [0.5, 0.6) is 5.75 Å². The molecule has 0 atom stereocenters. The Kier molecular flexibility index (Phi) is 4.73. The second kappa shape index (κ2) is 6.93. The number of aromatic nitrogens is 4. The molecule has 0 aliphatic heterocycles. The molecule has 0 saturated heterocycles.